The van der Waals surface area contributed by atoms with Gasteiger partial charge in [-0.1, -0.05) is 43.6 Å². The summed E-state index contributed by atoms with van der Waals surface area (Å²) >= 11 is 6.01. The Hall–Kier alpha value is -1.40. The first-order valence-electron chi connectivity index (χ1n) is 10.6. The zero-order valence-corrected chi connectivity index (χ0v) is 18.8. The van der Waals surface area contributed by atoms with Crippen LogP contribution in [0.2, 0.25) is 5.02 Å². The van der Waals surface area contributed by atoms with E-state index >= 15 is 0 Å². The normalized spacial score (nSPS) is 17.1. The summed E-state index contributed by atoms with van der Waals surface area (Å²) in [6, 6.07) is 11.6. The molecule has 2 aromatic carbocycles. The van der Waals surface area contributed by atoms with E-state index in [2.05, 4.69) is 30.9 Å². The van der Waals surface area contributed by atoms with Gasteiger partial charge in [-0.2, -0.15) is 4.31 Å². The lowest BCUT2D eigenvalue weighted by molar-refractivity contribution is 0.202. The molecule has 2 aliphatic rings. The lowest BCUT2D eigenvalue weighted by Gasteiger charge is -2.27. The van der Waals surface area contributed by atoms with Crippen molar-refractivity contribution in [3.8, 4) is 0 Å². The maximum atomic E-state index is 13.1. The molecule has 0 aromatic heterocycles. The number of halogens is 1. The third kappa shape index (κ3) is 4.11. The molecule has 0 atom stereocenters. The fourth-order valence-corrected chi connectivity index (χ4v) is 6.44. The molecule has 0 fully saturated rings. The smallest absolute Gasteiger partial charge is 0.243 e. The van der Waals surface area contributed by atoms with Crippen molar-refractivity contribution >= 4 is 21.6 Å². The average Bonchev–Trinajstić information content (AvgIpc) is 3.29. The largest absolute Gasteiger partial charge is 0.300 e. The van der Waals surface area contributed by atoms with Gasteiger partial charge in [-0.05, 0) is 79.2 Å². The molecular formula is C23H29ClN2O2S. The van der Waals surface area contributed by atoms with Crippen molar-refractivity contribution in [2.75, 3.05) is 13.1 Å². The van der Waals surface area contributed by atoms with E-state index in [0.717, 1.165) is 37.1 Å². The first-order chi connectivity index (χ1) is 13.9. The molecule has 6 heteroatoms. The van der Waals surface area contributed by atoms with Crippen molar-refractivity contribution in [3.05, 3.63) is 63.7 Å². The Morgan fingerprint density at radius 2 is 1.55 bits per heavy atom. The minimum absolute atomic E-state index is 0.264. The fraction of sp³-hybridized carbons (Fsp3) is 0.478. The molecular weight excluding hydrogens is 404 g/mol. The van der Waals surface area contributed by atoms with Gasteiger partial charge < -0.3 is 0 Å². The highest BCUT2D eigenvalue weighted by molar-refractivity contribution is 7.89. The van der Waals surface area contributed by atoms with Gasteiger partial charge in [0.05, 0.1) is 4.90 Å². The van der Waals surface area contributed by atoms with E-state index in [9.17, 15) is 8.42 Å². The summed E-state index contributed by atoms with van der Waals surface area (Å²) in [5, 5.41) is 0.441. The molecule has 156 valence electrons. The van der Waals surface area contributed by atoms with Crippen molar-refractivity contribution in [2.24, 2.45) is 0 Å². The maximum absolute atomic E-state index is 13.1. The van der Waals surface area contributed by atoms with Crippen LogP contribution in [0.5, 0.6) is 0 Å². The van der Waals surface area contributed by atoms with E-state index in [-0.39, 0.29) is 4.90 Å². The molecule has 4 nitrogen and oxygen atoms in total. The molecule has 1 heterocycles. The van der Waals surface area contributed by atoms with Crippen molar-refractivity contribution in [1.82, 2.24) is 9.21 Å². The highest BCUT2D eigenvalue weighted by atomic mass is 35.5. The van der Waals surface area contributed by atoms with Gasteiger partial charge in [0.1, 0.15) is 0 Å². The average molecular weight is 433 g/mol. The van der Waals surface area contributed by atoms with Gasteiger partial charge in [-0.3, -0.25) is 4.90 Å². The van der Waals surface area contributed by atoms with Crippen molar-refractivity contribution in [2.45, 2.75) is 63.6 Å². The Morgan fingerprint density at radius 1 is 0.966 bits per heavy atom. The molecule has 0 spiro atoms. The topological polar surface area (TPSA) is 40.6 Å². The summed E-state index contributed by atoms with van der Waals surface area (Å²) < 4.78 is 27.7. The molecule has 0 bridgehead atoms. The second kappa shape index (κ2) is 8.38. The monoisotopic (exact) mass is 432 g/mol. The van der Waals surface area contributed by atoms with Crippen LogP contribution in [0.4, 0.5) is 0 Å². The lowest BCUT2D eigenvalue weighted by atomic mass is 10.0. The van der Waals surface area contributed by atoms with Gasteiger partial charge in [0.15, 0.2) is 0 Å². The highest BCUT2D eigenvalue weighted by Gasteiger charge is 2.33. The van der Waals surface area contributed by atoms with E-state index in [1.807, 2.05) is 0 Å². The van der Waals surface area contributed by atoms with E-state index < -0.39 is 10.0 Å². The molecule has 0 unspecified atom stereocenters. The number of rotatable bonds is 7. The van der Waals surface area contributed by atoms with Gasteiger partial charge in [-0.15, -0.1) is 0 Å². The SMILES string of the molecule is CCCN(CCC)C1Cc2cc3c(cc2C1)CN(S(=O)(=O)c1cccc(Cl)c1)C3. The Labute approximate surface area is 179 Å². The Morgan fingerprint density at radius 3 is 2.07 bits per heavy atom. The Balaban J connectivity index is 1.53. The number of nitrogens with zero attached hydrogens (tertiary/aromatic N) is 2. The Kier molecular flexibility index (Phi) is 6.03. The molecule has 1 aliphatic heterocycles. The van der Waals surface area contributed by atoms with Gasteiger partial charge in [0, 0.05) is 24.2 Å². The van der Waals surface area contributed by atoms with E-state index in [0.29, 0.717) is 24.2 Å². The number of benzene rings is 2. The van der Waals surface area contributed by atoms with Crippen LogP contribution in [0.25, 0.3) is 0 Å². The number of hydrogen-bond acceptors (Lipinski definition) is 3. The number of fused-ring (bicyclic) bond motifs is 2. The fourth-order valence-electron chi connectivity index (χ4n) is 4.74. The second-order valence-corrected chi connectivity index (χ2v) is 10.6. The van der Waals surface area contributed by atoms with Gasteiger partial charge >= 0.3 is 0 Å². The van der Waals surface area contributed by atoms with Crippen LogP contribution in [0, 0.1) is 0 Å². The minimum Gasteiger partial charge on any atom is -0.300 e. The van der Waals surface area contributed by atoms with E-state index in [1.165, 1.54) is 30.0 Å². The van der Waals surface area contributed by atoms with Crippen LogP contribution < -0.4 is 0 Å². The summed E-state index contributed by atoms with van der Waals surface area (Å²) in [6.07, 6.45) is 4.51. The molecule has 0 N–H and O–H groups in total. The molecule has 1 aliphatic carbocycles. The third-order valence-electron chi connectivity index (χ3n) is 6.10. The second-order valence-electron chi connectivity index (χ2n) is 8.22. The minimum atomic E-state index is -3.54. The van der Waals surface area contributed by atoms with Crippen LogP contribution in [0.1, 0.15) is 48.9 Å². The molecule has 0 radical (unpaired) electrons. The van der Waals surface area contributed by atoms with Crippen molar-refractivity contribution in [3.63, 3.8) is 0 Å². The molecule has 0 saturated heterocycles. The highest BCUT2D eigenvalue weighted by Crippen LogP contribution is 2.35. The molecule has 0 amide bonds. The van der Waals surface area contributed by atoms with Gasteiger partial charge in [0.2, 0.25) is 10.0 Å². The number of sulfonamides is 1. The van der Waals surface area contributed by atoms with E-state index in [4.69, 9.17) is 11.6 Å². The Bertz CT molecular complexity index is 965. The molecule has 29 heavy (non-hydrogen) atoms. The molecule has 0 saturated carbocycles. The molecule has 4 rings (SSSR count). The summed E-state index contributed by atoms with van der Waals surface area (Å²) in [5.41, 5.74) is 5.08. The number of hydrogen-bond donors (Lipinski definition) is 0. The summed E-state index contributed by atoms with van der Waals surface area (Å²) in [4.78, 5) is 2.89. The standard InChI is InChI=1S/C23H29ClN2O2S/c1-3-8-25(9-4-2)22-12-17-10-19-15-26(16-20(19)11-18(17)13-22)29(27,28)23-7-5-6-21(24)14-23/h5-7,10-11,14,22H,3-4,8-9,12-13,15-16H2,1-2H3. The third-order valence-corrected chi connectivity index (χ3v) is 8.12. The summed E-state index contributed by atoms with van der Waals surface area (Å²) in [6.45, 7) is 7.67. The zero-order valence-electron chi connectivity index (χ0n) is 17.2. The van der Waals surface area contributed by atoms with Crippen LogP contribution in [-0.2, 0) is 36.0 Å². The zero-order chi connectivity index (χ0) is 20.6. The summed E-state index contributed by atoms with van der Waals surface area (Å²) in [7, 11) is -3.54. The van der Waals surface area contributed by atoms with Crippen molar-refractivity contribution in [1.29, 1.82) is 0 Å². The lowest BCUT2D eigenvalue weighted by Crippen LogP contribution is -2.37. The van der Waals surface area contributed by atoms with Gasteiger partial charge in [-0.25, -0.2) is 8.42 Å². The predicted molar refractivity (Wildman–Crippen MR) is 118 cm³/mol. The summed E-state index contributed by atoms with van der Waals surface area (Å²) in [5.74, 6) is 0. The quantitative estimate of drug-likeness (QED) is 0.640. The van der Waals surface area contributed by atoms with Crippen LogP contribution in [0.3, 0.4) is 0 Å². The maximum Gasteiger partial charge on any atom is 0.243 e. The molecule has 2 aromatic rings. The van der Waals surface area contributed by atoms with Crippen LogP contribution in [-0.4, -0.2) is 36.8 Å². The first-order valence-corrected chi connectivity index (χ1v) is 12.4. The van der Waals surface area contributed by atoms with Gasteiger partial charge in [0.25, 0.3) is 0 Å². The van der Waals surface area contributed by atoms with Crippen LogP contribution >= 0.6 is 11.6 Å². The van der Waals surface area contributed by atoms with E-state index in [1.54, 1.807) is 22.5 Å². The first kappa shape index (κ1) is 20.9. The van der Waals surface area contributed by atoms with Crippen LogP contribution in [0.15, 0.2) is 41.3 Å². The predicted octanol–water partition coefficient (Wildman–Crippen LogP) is 4.63. The van der Waals surface area contributed by atoms with Crippen molar-refractivity contribution < 1.29 is 8.42 Å².